The van der Waals surface area contributed by atoms with Crippen LogP contribution in [-0.4, -0.2) is 38.0 Å². The molecule has 37 heavy (non-hydrogen) atoms. The maximum atomic E-state index is 3.62. The van der Waals surface area contributed by atoms with E-state index in [4.69, 9.17) is 0 Å². The second-order valence-electron chi connectivity index (χ2n) is 9.57. The zero-order chi connectivity index (χ0) is 25.8. The second kappa shape index (κ2) is 10.7. The fourth-order valence-electron chi connectivity index (χ4n) is 4.77. The first-order valence-corrected chi connectivity index (χ1v) is 12.9. The molecule has 3 heteroatoms. The van der Waals surface area contributed by atoms with Crippen molar-refractivity contribution in [3.05, 3.63) is 132 Å². The van der Waals surface area contributed by atoms with Gasteiger partial charge >= 0.3 is 0 Å². The van der Waals surface area contributed by atoms with E-state index >= 15 is 0 Å². The van der Waals surface area contributed by atoms with Gasteiger partial charge in [0.1, 0.15) is 14.1 Å². The van der Waals surface area contributed by atoms with Crippen LogP contribution >= 0.6 is 0 Å². The number of nitrogens with zero attached hydrogens (tertiary/aromatic N) is 2. The number of benzene rings is 4. The summed E-state index contributed by atoms with van der Waals surface area (Å²) in [6, 6.07) is 32.4. The van der Waals surface area contributed by atoms with Crippen LogP contribution in [0.2, 0.25) is 0 Å². The first-order chi connectivity index (χ1) is 18.0. The molecule has 0 radical (unpaired) electrons. The first-order valence-electron chi connectivity index (χ1n) is 12.9. The van der Waals surface area contributed by atoms with Crippen LogP contribution in [0.5, 0.6) is 0 Å². The third kappa shape index (κ3) is 5.12. The molecule has 0 bridgehead atoms. The Kier molecular flexibility index (Phi) is 7.04. The van der Waals surface area contributed by atoms with Gasteiger partial charge in [-0.3, -0.25) is 0 Å². The van der Waals surface area contributed by atoms with Crippen LogP contribution in [0.1, 0.15) is 18.1 Å². The maximum Gasteiger partial charge on any atom is 0.199 e. The molecule has 0 unspecified atom stereocenters. The van der Waals surface area contributed by atoms with E-state index in [0.29, 0.717) is 0 Å². The molecule has 0 spiro atoms. The molecule has 4 aromatic carbocycles. The van der Waals surface area contributed by atoms with E-state index in [2.05, 4.69) is 152 Å². The van der Waals surface area contributed by atoms with Crippen molar-refractivity contribution in [1.82, 2.24) is 0 Å². The highest BCUT2D eigenvalue weighted by atomic mass is 15.1. The predicted octanol–water partition coefficient (Wildman–Crippen LogP) is 7.68. The van der Waals surface area contributed by atoms with Gasteiger partial charge in [0.25, 0.3) is 0 Å². The number of hydrogen-bond donors (Lipinski definition) is 1. The standard InChI is InChI=1S/C34H33N3/c1-5-37(4)29-21-17-26(18-22-29)34(25-15-19-28(20-16-25)36(2)3)32-23-24-33(31-14-10-9-13-30(31)32)35-27-11-7-6-8-12-27/h6-24H,5H2,1-4H3/p+1. The van der Waals surface area contributed by atoms with Gasteiger partial charge in [0.05, 0.1) is 0 Å². The molecule has 3 nitrogen and oxygen atoms in total. The highest BCUT2D eigenvalue weighted by Gasteiger charge is 2.17. The molecule has 1 aliphatic carbocycles. The molecule has 5 rings (SSSR count). The summed E-state index contributed by atoms with van der Waals surface area (Å²) in [6.07, 6.45) is 8.87. The average Bonchev–Trinajstić information content (AvgIpc) is 2.95. The van der Waals surface area contributed by atoms with Gasteiger partial charge < -0.3 is 10.2 Å². The molecule has 0 fully saturated rings. The summed E-state index contributed by atoms with van der Waals surface area (Å²) in [6.45, 7) is 3.15. The molecule has 0 saturated carbocycles. The molecule has 1 aliphatic rings. The minimum absolute atomic E-state index is 0.975. The van der Waals surface area contributed by atoms with Gasteiger partial charge in [0.15, 0.2) is 5.71 Å². The molecule has 0 saturated heterocycles. The molecule has 4 aromatic rings. The van der Waals surface area contributed by atoms with Crippen molar-refractivity contribution in [2.24, 2.45) is 0 Å². The third-order valence-corrected chi connectivity index (χ3v) is 6.99. The molecule has 0 amide bonds. The van der Waals surface area contributed by atoms with E-state index in [1.807, 2.05) is 6.07 Å². The highest BCUT2D eigenvalue weighted by molar-refractivity contribution is 6.07. The monoisotopic (exact) mass is 484 g/mol. The Hall–Kier alpha value is -4.37. The Bertz CT molecular complexity index is 1520. The Morgan fingerprint density at radius 3 is 2.03 bits per heavy atom. The highest BCUT2D eigenvalue weighted by Crippen LogP contribution is 2.38. The Balaban J connectivity index is 1.69. The van der Waals surface area contributed by atoms with Gasteiger partial charge in [-0.25, -0.2) is 4.58 Å². The molecule has 0 heterocycles. The van der Waals surface area contributed by atoms with E-state index in [1.165, 1.54) is 44.4 Å². The van der Waals surface area contributed by atoms with Gasteiger partial charge in [-0.2, -0.15) is 0 Å². The molecular formula is C34H34N3+. The van der Waals surface area contributed by atoms with Crippen LogP contribution in [0.3, 0.4) is 0 Å². The van der Waals surface area contributed by atoms with E-state index < -0.39 is 0 Å². The van der Waals surface area contributed by atoms with Crippen LogP contribution in [0, 0.1) is 0 Å². The Labute approximate surface area is 220 Å². The summed E-state index contributed by atoms with van der Waals surface area (Å²) >= 11 is 0. The van der Waals surface area contributed by atoms with Gasteiger partial charge in [-0.15, -0.1) is 0 Å². The Morgan fingerprint density at radius 2 is 1.38 bits per heavy atom. The Morgan fingerprint density at radius 1 is 0.730 bits per heavy atom. The summed E-state index contributed by atoms with van der Waals surface area (Å²) < 4.78 is 2.14. The van der Waals surface area contributed by atoms with Crippen LogP contribution in [0.25, 0.3) is 16.3 Å². The molecular weight excluding hydrogens is 450 g/mol. The molecule has 0 atom stereocenters. The van der Waals surface area contributed by atoms with Gasteiger partial charge in [0.2, 0.25) is 0 Å². The SMILES string of the molecule is CCN(C)c1ccc(C(=C2C=CC(=[N+](C)C)C=C2)c2ccc(Nc3ccccc3)c3ccccc23)cc1. The van der Waals surface area contributed by atoms with E-state index in [0.717, 1.165) is 17.9 Å². The van der Waals surface area contributed by atoms with E-state index in [1.54, 1.807) is 0 Å². The van der Waals surface area contributed by atoms with Crippen LogP contribution < -0.4 is 10.2 Å². The van der Waals surface area contributed by atoms with Crippen LogP contribution in [-0.2, 0) is 0 Å². The minimum Gasteiger partial charge on any atom is -0.375 e. The predicted molar refractivity (Wildman–Crippen MR) is 160 cm³/mol. The summed E-state index contributed by atoms with van der Waals surface area (Å²) in [4.78, 5) is 2.26. The summed E-state index contributed by atoms with van der Waals surface area (Å²) in [5.41, 5.74) is 9.47. The summed E-state index contributed by atoms with van der Waals surface area (Å²) in [5.74, 6) is 0. The van der Waals surface area contributed by atoms with Crippen LogP contribution in [0.4, 0.5) is 17.1 Å². The second-order valence-corrected chi connectivity index (χ2v) is 9.57. The zero-order valence-electron chi connectivity index (χ0n) is 22.1. The van der Waals surface area contributed by atoms with Crippen molar-refractivity contribution in [2.75, 3.05) is 37.9 Å². The smallest absolute Gasteiger partial charge is 0.199 e. The molecule has 184 valence electrons. The third-order valence-electron chi connectivity index (χ3n) is 6.99. The molecule has 1 N–H and O–H groups in total. The van der Waals surface area contributed by atoms with Gasteiger partial charge in [0, 0.05) is 48.2 Å². The fourth-order valence-corrected chi connectivity index (χ4v) is 4.77. The summed E-state index contributed by atoms with van der Waals surface area (Å²) in [5, 5.41) is 6.05. The number of hydrogen-bond acceptors (Lipinski definition) is 2. The zero-order valence-corrected chi connectivity index (χ0v) is 22.1. The van der Waals surface area contributed by atoms with Gasteiger partial charge in [-0.05, 0) is 77.1 Å². The van der Waals surface area contributed by atoms with Crippen molar-refractivity contribution in [3.63, 3.8) is 0 Å². The van der Waals surface area contributed by atoms with Crippen molar-refractivity contribution in [2.45, 2.75) is 6.92 Å². The van der Waals surface area contributed by atoms with Crippen molar-refractivity contribution >= 4 is 39.1 Å². The number of nitrogens with one attached hydrogen (secondary N) is 1. The normalized spacial score (nSPS) is 12.6. The molecule has 0 aliphatic heterocycles. The van der Waals surface area contributed by atoms with Crippen molar-refractivity contribution in [1.29, 1.82) is 0 Å². The lowest BCUT2D eigenvalue weighted by molar-refractivity contribution is -0.462. The lowest BCUT2D eigenvalue weighted by Gasteiger charge is -2.20. The number of para-hydroxylation sites is 1. The van der Waals surface area contributed by atoms with Crippen molar-refractivity contribution < 1.29 is 4.58 Å². The molecule has 0 aromatic heterocycles. The van der Waals surface area contributed by atoms with E-state index in [-0.39, 0.29) is 0 Å². The lowest BCUT2D eigenvalue weighted by atomic mass is 9.87. The fraction of sp³-hybridized carbons (Fsp3) is 0.147. The number of anilines is 3. The quantitative estimate of drug-likeness (QED) is 0.283. The summed E-state index contributed by atoms with van der Waals surface area (Å²) in [7, 11) is 6.29. The number of fused-ring (bicyclic) bond motifs is 1. The first kappa shape index (κ1) is 24.3. The lowest BCUT2D eigenvalue weighted by Crippen LogP contribution is -2.15. The largest absolute Gasteiger partial charge is 0.375 e. The maximum absolute atomic E-state index is 3.62. The number of rotatable bonds is 6. The van der Waals surface area contributed by atoms with Gasteiger partial charge in [-0.1, -0.05) is 60.7 Å². The minimum atomic E-state index is 0.975. The number of allylic oxidation sites excluding steroid dienone is 5. The van der Waals surface area contributed by atoms with Crippen molar-refractivity contribution in [3.8, 4) is 0 Å². The van der Waals surface area contributed by atoms with Crippen LogP contribution in [0.15, 0.2) is 121 Å². The topological polar surface area (TPSA) is 18.3 Å². The van der Waals surface area contributed by atoms with E-state index in [9.17, 15) is 0 Å². The average molecular weight is 485 g/mol.